The molecule has 1 rings (SSSR count). The summed E-state index contributed by atoms with van der Waals surface area (Å²) in [5, 5.41) is 5.70. The maximum atomic E-state index is 12.0. The lowest BCUT2D eigenvalue weighted by molar-refractivity contribution is -0.0498. The molecule has 0 atom stereocenters. The smallest absolute Gasteiger partial charge is 0.387 e. The van der Waals surface area contributed by atoms with Gasteiger partial charge in [0.2, 0.25) is 0 Å². The summed E-state index contributed by atoms with van der Waals surface area (Å²) < 4.78 is 28.1. The summed E-state index contributed by atoms with van der Waals surface area (Å²) >= 11 is 0. The number of hydrogen-bond donors (Lipinski definition) is 1. The lowest BCUT2D eigenvalue weighted by Crippen LogP contribution is -2.25. The van der Waals surface area contributed by atoms with Crippen molar-refractivity contribution in [1.82, 2.24) is 5.32 Å². The molecule has 1 aromatic rings. The van der Waals surface area contributed by atoms with E-state index < -0.39 is 12.5 Å². The van der Waals surface area contributed by atoms with Crippen molar-refractivity contribution in [3.05, 3.63) is 40.3 Å². The first-order valence-electron chi connectivity index (χ1n) is 4.97. The van der Waals surface area contributed by atoms with E-state index in [1.165, 1.54) is 24.3 Å². The van der Waals surface area contributed by atoms with Gasteiger partial charge < -0.3 is 10.1 Å². The summed E-state index contributed by atoms with van der Waals surface area (Å²) in [5.41, 5.74) is 8.22. The summed E-state index contributed by atoms with van der Waals surface area (Å²) in [6.07, 6.45) is 0. The fourth-order valence-corrected chi connectivity index (χ4v) is 1.18. The van der Waals surface area contributed by atoms with Crippen molar-refractivity contribution < 1.29 is 18.3 Å². The van der Waals surface area contributed by atoms with Crippen LogP contribution in [0.4, 0.5) is 8.78 Å². The van der Waals surface area contributed by atoms with Crippen LogP contribution in [0.3, 0.4) is 0 Å². The number of azide groups is 1. The van der Waals surface area contributed by atoms with E-state index in [-0.39, 0.29) is 24.4 Å². The van der Waals surface area contributed by atoms with Gasteiger partial charge in [-0.05, 0) is 23.7 Å². The molecule has 0 radical (unpaired) electrons. The molecule has 0 aliphatic carbocycles. The van der Waals surface area contributed by atoms with Crippen molar-refractivity contribution >= 4 is 5.91 Å². The average Bonchev–Trinajstić information content (AvgIpc) is 2.34. The predicted octanol–water partition coefficient (Wildman–Crippen LogP) is 2.33. The fraction of sp³-hybridized carbons (Fsp3) is 0.300. The Morgan fingerprint density at radius 1 is 1.56 bits per heavy atom. The molecule has 0 unspecified atom stereocenters. The Balaban J connectivity index is 2.59. The zero-order chi connectivity index (χ0) is 13.4. The van der Waals surface area contributed by atoms with Crippen molar-refractivity contribution in [2.24, 2.45) is 5.11 Å². The van der Waals surface area contributed by atoms with Crippen LogP contribution in [0.25, 0.3) is 10.4 Å². The summed E-state index contributed by atoms with van der Waals surface area (Å²) in [6.45, 7) is -2.65. The average molecular weight is 256 g/mol. The van der Waals surface area contributed by atoms with Crippen LogP contribution in [0.1, 0.15) is 10.4 Å². The molecule has 0 spiro atoms. The van der Waals surface area contributed by atoms with E-state index in [2.05, 4.69) is 20.1 Å². The van der Waals surface area contributed by atoms with Gasteiger partial charge in [-0.1, -0.05) is 11.2 Å². The Morgan fingerprint density at radius 2 is 2.33 bits per heavy atom. The second-order valence-electron chi connectivity index (χ2n) is 3.12. The Bertz CT molecular complexity index is 461. The Kier molecular flexibility index (Phi) is 5.40. The van der Waals surface area contributed by atoms with E-state index in [0.29, 0.717) is 0 Å². The minimum atomic E-state index is -2.94. The van der Waals surface area contributed by atoms with E-state index in [4.69, 9.17) is 5.53 Å². The Labute approximate surface area is 101 Å². The van der Waals surface area contributed by atoms with E-state index >= 15 is 0 Å². The van der Waals surface area contributed by atoms with Gasteiger partial charge >= 0.3 is 6.61 Å². The van der Waals surface area contributed by atoms with Crippen LogP contribution in [0.15, 0.2) is 29.4 Å². The molecular weight excluding hydrogens is 246 g/mol. The van der Waals surface area contributed by atoms with E-state index in [9.17, 15) is 13.6 Å². The standard InChI is InChI=1S/C10H10F2N4O2/c11-10(12)18-8-3-1-2-7(6-8)9(17)14-4-5-15-16-13/h1-3,6,10H,4-5H2,(H,14,17). The zero-order valence-corrected chi connectivity index (χ0v) is 9.22. The molecule has 0 heterocycles. The molecule has 1 amide bonds. The van der Waals surface area contributed by atoms with Crippen molar-refractivity contribution in [2.75, 3.05) is 13.1 Å². The first kappa shape index (κ1) is 13.7. The van der Waals surface area contributed by atoms with Crippen LogP contribution < -0.4 is 10.1 Å². The molecule has 8 heteroatoms. The normalized spacial score (nSPS) is 9.72. The van der Waals surface area contributed by atoms with Gasteiger partial charge in [0.05, 0.1) is 0 Å². The highest BCUT2D eigenvalue weighted by molar-refractivity contribution is 5.94. The number of rotatable bonds is 6. The number of benzene rings is 1. The highest BCUT2D eigenvalue weighted by atomic mass is 19.3. The molecule has 96 valence electrons. The summed E-state index contributed by atoms with van der Waals surface area (Å²) in [4.78, 5) is 14.1. The van der Waals surface area contributed by atoms with Crippen molar-refractivity contribution in [1.29, 1.82) is 0 Å². The van der Waals surface area contributed by atoms with Gasteiger partial charge in [0.1, 0.15) is 5.75 Å². The number of halogens is 2. The van der Waals surface area contributed by atoms with E-state index in [1.807, 2.05) is 0 Å². The molecule has 0 saturated heterocycles. The number of hydrogen-bond acceptors (Lipinski definition) is 3. The van der Waals surface area contributed by atoms with Crippen LogP contribution in [-0.2, 0) is 0 Å². The first-order chi connectivity index (χ1) is 8.63. The van der Waals surface area contributed by atoms with Crippen LogP contribution in [0, 0.1) is 0 Å². The van der Waals surface area contributed by atoms with Crippen molar-refractivity contribution in [3.63, 3.8) is 0 Å². The van der Waals surface area contributed by atoms with Crippen molar-refractivity contribution in [2.45, 2.75) is 6.61 Å². The maximum absolute atomic E-state index is 12.0. The maximum Gasteiger partial charge on any atom is 0.387 e. The highest BCUT2D eigenvalue weighted by Crippen LogP contribution is 2.15. The molecule has 1 aromatic carbocycles. The highest BCUT2D eigenvalue weighted by Gasteiger charge is 2.08. The molecule has 18 heavy (non-hydrogen) atoms. The minimum absolute atomic E-state index is 0.0901. The molecule has 0 saturated carbocycles. The fourth-order valence-electron chi connectivity index (χ4n) is 1.18. The second-order valence-corrected chi connectivity index (χ2v) is 3.12. The number of nitrogens with one attached hydrogen (secondary N) is 1. The third-order valence-electron chi connectivity index (χ3n) is 1.88. The largest absolute Gasteiger partial charge is 0.435 e. The molecular formula is C10H10F2N4O2. The monoisotopic (exact) mass is 256 g/mol. The van der Waals surface area contributed by atoms with E-state index in [0.717, 1.165) is 0 Å². The molecule has 0 aromatic heterocycles. The van der Waals surface area contributed by atoms with Crippen LogP contribution in [0.5, 0.6) is 5.75 Å². The number of nitrogens with zero attached hydrogens (tertiary/aromatic N) is 3. The van der Waals surface area contributed by atoms with Gasteiger partial charge in [0.15, 0.2) is 0 Å². The number of ether oxygens (including phenoxy) is 1. The second kappa shape index (κ2) is 7.08. The van der Waals surface area contributed by atoms with Crippen LogP contribution in [-0.4, -0.2) is 25.6 Å². The SMILES string of the molecule is [N-]=[N+]=NCCNC(=O)c1cccc(OC(F)F)c1. The number of carbonyl (C=O) groups excluding carboxylic acids is 1. The lowest BCUT2D eigenvalue weighted by atomic mass is 10.2. The molecule has 1 N–H and O–H groups in total. The molecule has 0 aliphatic rings. The van der Waals surface area contributed by atoms with Gasteiger partial charge in [-0.3, -0.25) is 4.79 Å². The number of carbonyl (C=O) groups is 1. The van der Waals surface area contributed by atoms with Crippen LogP contribution >= 0.6 is 0 Å². The van der Waals surface area contributed by atoms with Crippen molar-refractivity contribution in [3.8, 4) is 5.75 Å². The van der Waals surface area contributed by atoms with Gasteiger partial charge in [-0.25, -0.2) is 0 Å². The molecule has 6 nitrogen and oxygen atoms in total. The third-order valence-corrected chi connectivity index (χ3v) is 1.88. The summed E-state index contributed by atoms with van der Waals surface area (Å²) in [5.74, 6) is -0.546. The minimum Gasteiger partial charge on any atom is -0.435 e. The first-order valence-corrected chi connectivity index (χ1v) is 4.97. The lowest BCUT2D eigenvalue weighted by Gasteiger charge is -2.07. The molecule has 0 bridgehead atoms. The predicted molar refractivity (Wildman–Crippen MR) is 59.4 cm³/mol. The van der Waals surface area contributed by atoms with Gasteiger partial charge in [0.25, 0.3) is 5.91 Å². The van der Waals surface area contributed by atoms with Crippen LogP contribution in [0.2, 0.25) is 0 Å². The third kappa shape index (κ3) is 4.67. The Morgan fingerprint density at radius 3 is 3.00 bits per heavy atom. The quantitative estimate of drug-likeness (QED) is 0.366. The Hall–Kier alpha value is -2.34. The topological polar surface area (TPSA) is 87.1 Å². The number of alkyl halides is 2. The zero-order valence-electron chi connectivity index (χ0n) is 9.22. The number of amides is 1. The molecule has 0 aliphatic heterocycles. The van der Waals surface area contributed by atoms with Gasteiger partial charge in [0, 0.05) is 23.6 Å². The van der Waals surface area contributed by atoms with E-state index in [1.54, 1.807) is 0 Å². The van der Waals surface area contributed by atoms with Gasteiger partial charge in [-0.2, -0.15) is 8.78 Å². The summed E-state index contributed by atoms with van der Waals surface area (Å²) in [7, 11) is 0. The molecule has 0 fully saturated rings. The van der Waals surface area contributed by atoms with Gasteiger partial charge in [-0.15, -0.1) is 0 Å². The summed E-state index contributed by atoms with van der Waals surface area (Å²) in [6, 6.07) is 5.42.